The molecule has 2 aliphatic heterocycles. The van der Waals surface area contributed by atoms with Crippen LogP contribution in [0, 0.1) is 0 Å². The van der Waals surface area contributed by atoms with Crippen molar-refractivity contribution in [3.63, 3.8) is 0 Å². The second kappa shape index (κ2) is 10.3. The highest BCUT2D eigenvalue weighted by Crippen LogP contribution is 2.22. The molecule has 1 N–H and O–H groups in total. The van der Waals surface area contributed by atoms with Crippen LogP contribution in [0.25, 0.3) is 0 Å². The first-order valence-corrected chi connectivity index (χ1v) is 10.2. The van der Waals surface area contributed by atoms with Gasteiger partial charge in [-0.15, -0.1) is 0 Å². The molecule has 1 aromatic carbocycles. The average Bonchev–Trinajstić information content (AvgIpc) is 2.97. The van der Waals surface area contributed by atoms with Crippen molar-refractivity contribution in [3.8, 4) is 0 Å². The minimum absolute atomic E-state index is 0.0720. The third-order valence-electron chi connectivity index (χ3n) is 5.24. The van der Waals surface area contributed by atoms with Crippen LogP contribution < -0.4 is 5.32 Å². The highest BCUT2D eigenvalue weighted by atomic mass is 16.5. The highest BCUT2D eigenvalue weighted by molar-refractivity contribution is 6.21. The summed E-state index contributed by atoms with van der Waals surface area (Å²) in [7, 11) is 0. The van der Waals surface area contributed by atoms with E-state index >= 15 is 0 Å². The SMILES string of the molecule is O=C(CCCCCN1C(=O)c2ccccc2C1=O)NCCCN1CCOCC1. The Bertz CT molecular complexity index is 666. The van der Waals surface area contributed by atoms with Crippen molar-refractivity contribution < 1.29 is 19.1 Å². The van der Waals surface area contributed by atoms with E-state index in [9.17, 15) is 14.4 Å². The largest absolute Gasteiger partial charge is 0.379 e. The number of carbonyl (C=O) groups is 3. The topological polar surface area (TPSA) is 79.0 Å². The molecule has 3 amide bonds. The van der Waals surface area contributed by atoms with Crippen molar-refractivity contribution >= 4 is 17.7 Å². The first kappa shape index (κ1) is 20.5. The maximum absolute atomic E-state index is 12.3. The van der Waals surface area contributed by atoms with Gasteiger partial charge in [-0.1, -0.05) is 18.6 Å². The predicted molar refractivity (Wildman–Crippen MR) is 105 cm³/mol. The number of fused-ring (bicyclic) bond motifs is 1. The van der Waals surface area contributed by atoms with Crippen LogP contribution >= 0.6 is 0 Å². The fourth-order valence-electron chi connectivity index (χ4n) is 3.62. The summed E-state index contributed by atoms with van der Waals surface area (Å²) in [6.07, 6.45) is 3.73. The standard InChI is InChI=1S/C21H29N3O4/c25-19(22-10-6-11-23-13-15-28-16-14-23)9-2-1-5-12-24-20(26)17-7-3-4-8-18(17)21(24)27/h3-4,7-8H,1-2,5-6,9-16H2,(H,22,25). The van der Waals surface area contributed by atoms with Gasteiger partial charge in [-0.3, -0.25) is 24.2 Å². The van der Waals surface area contributed by atoms with Crippen molar-refractivity contribution in [2.75, 3.05) is 45.9 Å². The Morgan fingerprint density at radius 2 is 1.61 bits per heavy atom. The summed E-state index contributed by atoms with van der Waals surface area (Å²) in [6.45, 7) is 5.64. The van der Waals surface area contributed by atoms with Crippen LogP contribution in [0.3, 0.4) is 0 Å². The van der Waals surface area contributed by atoms with E-state index in [4.69, 9.17) is 4.74 Å². The Hall–Kier alpha value is -2.25. The van der Waals surface area contributed by atoms with Crippen LogP contribution in [0.4, 0.5) is 0 Å². The lowest BCUT2D eigenvalue weighted by atomic mass is 10.1. The van der Waals surface area contributed by atoms with Gasteiger partial charge < -0.3 is 10.1 Å². The fraction of sp³-hybridized carbons (Fsp3) is 0.571. The van der Waals surface area contributed by atoms with Crippen LogP contribution in [-0.2, 0) is 9.53 Å². The van der Waals surface area contributed by atoms with Gasteiger partial charge in [0.25, 0.3) is 11.8 Å². The molecule has 0 unspecified atom stereocenters. The van der Waals surface area contributed by atoms with Crippen molar-refractivity contribution in [2.45, 2.75) is 32.1 Å². The molecule has 7 heteroatoms. The van der Waals surface area contributed by atoms with E-state index in [1.807, 2.05) is 0 Å². The third-order valence-corrected chi connectivity index (χ3v) is 5.24. The fourth-order valence-corrected chi connectivity index (χ4v) is 3.62. The zero-order chi connectivity index (χ0) is 19.8. The van der Waals surface area contributed by atoms with Gasteiger partial charge in [0, 0.05) is 32.6 Å². The molecule has 3 rings (SSSR count). The van der Waals surface area contributed by atoms with Gasteiger partial charge in [0.1, 0.15) is 0 Å². The minimum atomic E-state index is -0.210. The van der Waals surface area contributed by atoms with Gasteiger partial charge in [0.15, 0.2) is 0 Å². The predicted octanol–water partition coefficient (Wildman–Crippen LogP) is 1.68. The van der Waals surface area contributed by atoms with Crippen molar-refractivity contribution in [3.05, 3.63) is 35.4 Å². The lowest BCUT2D eigenvalue weighted by Gasteiger charge is -2.26. The zero-order valence-electron chi connectivity index (χ0n) is 16.3. The first-order chi connectivity index (χ1) is 13.7. The van der Waals surface area contributed by atoms with Gasteiger partial charge in [-0.25, -0.2) is 0 Å². The van der Waals surface area contributed by atoms with E-state index in [1.165, 1.54) is 4.90 Å². The number of nitrogens with zero attached hydrogens (tertiary/aromatic N) is 2. The van der Waals surface area contributed by atoms with E-state index in [2.05, 4.69) is 10.2 Å². The lowest BCUT2D eigenvalue weighted by molar-refractivity contribution is -0.121. The molecule has 2 aliphatic rings. The van der Waals surface area contributed by atoms with Gasteiger partial charge in [0.05, 0.1) is 24.3 Å². The first-order valence-electron chi connectivity index (χ1n) is 10.2. The number of morpholine rings is 1. The zero-order valence-corrected chi connectivity index (χ0v) is 16.3. The maximum Gasteiger partial charge on any atom is 0.261 e. The number of nitrogens with one attached hydrogen (secondary N) is 1. The maximum atomic E-state index is 12.3. The van der Waals surface area contributed by atoms with Gasteiger partial charge in [-0.2, -0.15) is 0 Å². The van der Waals surface area contributed by atoms with Gasteiger partial charge >= 0.3 is 0 Å². The number of hydrogen-bond acceptors (Lipinski definition) is 5. The number of hydrogen-bond donors (Lipinski definition) is 1. The van der Waals surface area contributed by atoms with Gasteiger partial charge in [-0.05, 0) is 37.9 Å². The van der Waals surface area contributed by atoms with Crippen molar-refractivity contribution in [1.82, 2.24) is 15.1 Å². The summed E-state index contributed by atoms with van der Waals surface area (Å²) in [5.41, 5.74) is 0.980. The molecule has 0 radical (unpaired) electrons. The molecule has 2 heterocycles. The average molecular weight is 387 g/mol. The lowest BCUT2D eigenvalue weighted by Crippen LogP contribution is -2.38. The van der Waals surface area contributed by atoms with E-state index < -0.39 is 0 Å². The summed E-state index contributed by atoms with van der Waals surface area (Å²) in [6, 6.07) is 6.93. The summed E-state index contributed by atoms with van der Waals surface area (Å²) < 4.78 is 5.32. The quantitative estimate of drug-likeness (QED) is 0.488. The Labute approximate surface area is 166 Å². The highest BCUT2D eigenvalue weighted by Gasteiger charge is 2.34. The molecular formula is C21H29N3O4. The summed E-state index contributed by atoms with van der Waals surface area (Å²) >= 11 is 0. The summed E-state index contributed by atoms with van der Waals surface area (Å²) in [4.78, 5) is 40.1. The minimum Gasteiger partial charge on any atom is -0.379 e. The molecule has 0 bridgehead atoms. The summed E-state index contributed by atoms with van der Waals surface area (Å²) in [5.74, 6) is -0.347. The molecule has 1 aromatic rings. The normalized spacial score (nSPS) is 17.1. The number of unbranched alkanes of at least 4 members (excludes halogenated alkanes) is 2. The molecule has 0 atom stereocenters. The molecule has 1 saturated heterocycles. The monoisotopic (exact) mass is 387 g/mol. The second-order valence-corrected chi connectivity index (χ2v) is 7.28. The van der Waals surface area contributed by atoms with Crippen LogP contribution in [0.15, 0.2) is 24.3 Å². The van der Waals surface area contributed by atoms with E-state index in [1.54, 1.807) is 24.3 Å². The molecule has 0 aromatic heterocycles. The molecular weight excluding hydrogens is 358 g/mol. The van der Waals surface area contributed by atoms with E-state index in [0.717, 1.165) is 58.5 Å². The molecule has 0 spiro atoms. The second-order valence-electron chi connectivity index (χ2n) is 7.28. The Morgan fingerprint density at radius 3 is 2.29 bits per heavy atom. The number of benzene rings is 1. The van der Waals surface area contributed by atoms with E-state index in [-0.39, 0.29) is 17.7 Å². The van der Waals surface area contributed by atoms with Crippen molar-refractivity contribution in [2.24, 2.45) is 0 Å². The van der Waals surface area contributed by atoms with Gasteiger partial charge in [0.2, 0.25) is 5.91 Å². The Balaban J connectivity index is 1.24. The van der Waals surface area contributed by atoms with Crippen LogP contribution in [0.5, 0.6) is 0 Å². The third kappa shape index (κ3) is 5.39. The van der Waals surface area contributed by atoms with E-state index in [0.29, 0.717) is 30.6 Å². The van der Waals surface area contributed by atoms with Crippen LogP contribution in [0.1, 0.15) is 52.8 Å². The number of carbonyl (C=O) groups excluding carboxylic acids is 3. The van der Waals surface area contributed by atoms with Crippen molar-refractivity contribution in [1.29, 1.82) is 0 Å². The molecule has 1 fully saturated rings. The number of ether oxygens (including phenoxy) is 1. The molecule has 0 saturated carbocycles. The van der Waals surface area contributed by atoms with Crippen LogP contribution in [0.2, 0.25) is 0 Å². The number of amides is 3. The molecule has 7 nitrogen and oxygen atoms in total. The Morgan fingerprint density at radius 1 is 0.929 bits per heavy atom. The number of imide groups is 1. The molecule has 0 aliphatic carbocycles. The molecule has 152 valence electrons. The van der Waals surface area contributed by atoms with Crippen LogP contribution in [-0.4, -0.2) is 73.5 Å². The Kier molecular flexibility index (Phi) is 7.56. The molecule has 28 heavy (non-hydrogen) atoms. The summed E-state index contributed by atoms with van der Waals surface area (Å²) in [5, 5.41) is 2.96. The number of rotatable bonds is 10. The smallest absolute Gasteiger partial charge is 0.261 e.